The first-order valence-electron chi connectivity index (χ1n) is 9.70. The third-order valence-corrected chi connectivity index (χ3v) is 5.57. The van der Waals surface area contributed by atoms with Crippen LogP contribution in [0.1, 0.15) is 78.2 Å². The molecule has 0 aliphatic heterocycles. The first-order chi connectivity index (χ1) is 11.4. The summed E-state index contributed by atoms with van der Waals surface area (Å²) in [5.74, 6) is 2.57. The van der Waals surface area contributed by atoms with Gasteiger partial charge in [-0.1, -0.05) is 69.7 Å². The standard InChI is InChI=1S/C23H36O/c1-18(2)15-20(16-19-9-7-6-8-10-19)17-23(3,4)21-11-13-22(24-5)14-12-21/h11-15,19-20H,6-10,16-17H2,1-5H3. The van der Waals surface area contributed by atoms with Crippen LogP contribution in [0.25, 0.3) is 0 Å². The quantitative estimate of drug-likeness (QED) is 0.494. The molecule has 1 heteroatoms. The molecule has 0 amide bonds. The van der Waals surface area contributed by atoms with Crippen molar-refractivity contribution in [2.24, 2.45) is 11.8 Å². The minimum absolute atomic E-state index is 0.192. The molecule has 1 nitrogen and oxygen atoms in total. The Bertz CT molecular complexity index is 513. The fourth-order valence-corrected chi connectivity index (χ4v) is 4.35. The molecule has 134 valence electrons. The molecular weight excluding hydrogens is 292 g/mol. The zero-order chi connectivity index (χ0) is 17.6. The van der Waals surface area contributed by atoms with E-state index in [1.807, 2.05) is 0 Å². The molecule has 0 saturated heterocycles. The lowest BCUT2D eigenvalue weighted by atomic mass is 9.73. The fraction of sp³-hybridized carbons (Fsp3) is 0.652. The number of hydrogen-bond donors (Lipinski definition) is 0. The molecule has 1 aliphatic carbocycles. The van der Waals surface area contributed by atoms with Gasteiger partial charge in [-0.25, -0.2) is 0 Å². The van der Waals surface area contributed by atoms with Crippen LogP contribution in [0.3, 0.4) is 0 Å². The van der Waals surface area contributed by atoms with Gasteiger partial charge in [0, 0.05) is 0 Å². The van der Waals surface area contributed by atoms with Crippen molar-refractivity contribution in [3.05, 3.63) is 41.5 Å². The van der Waals surface area contributed by atoms with Crippen LogP contribution in [0.4, 0.5) is 0 Å². The zero-order valence-corrected chi connectivity index (χ0v) is 16.4. The van der Waals surface area contributed by atoms with Gasteiger partial charge in [-0.3, -0.25) is 0 Å². The Labute approximate surface area is 149 Å². The van der Waals surface area contributed by atoms with E-state index in [0.717, 1.165) is 11.7 Å². The molecule has 0 aromatic heterocycles. The summed E-state index contributed by atoms with van der Waals surface area (Å²) >= 11 is 0. The molecule has 2 rings (SSSR count). The van der Waals surface area contributed by atoms with E-state index < -0.39 is 0 Å². The maximum absolute atomic E-state index is 5.31. The predicted octanol–water partition coefficient (Wildman–Crippen LogP) is 6.92. The molecular formula is C23H36O. The Balaban J connectivity index is 2.08. The second-order valence-electron chi connectivity index (χ2n) is 8.56. The van der Waals surface area contributed by atoms with Gasteiger partial charge in [0.2, 0.25) is 0 Å². The summed E-state index contributed by atoms with van der Waals surface area (Å²) < 4.78 is 5.31. The van der Waals surface area contributed by atoms with E-state index in [-0.39, 0.29) is 5.41 Å². The van der Waals surface area contributed by atoms with Crippen molar-refractivity contribution in [3.8, 4) is 5.75 Å². The first-order valence-corrected chi connectivity index (χ1v) is 9.70. The molecule has 0 radical (unpaired) electrons. The smallest absolute Gasteiger partial charge is 0.118 e. The van der Waals surface area contributed by atoms with Gasteiger partial charge in [0.05, 0.1) is 7.11 Å². The van der Waals surface area contributed by atoms with E-state index >= 15 is 0 Å². The minimum Gasteiger partial charge on any atom is -0.497 e. The number of hydrogen-bond acceptors (Lipinski definition) is 1. The molecule has 1 aromatic carbocycles. The van der Waals surface area contributed by atoms with Crippen LogP contribution in [-0.4, -0.2) is 7.11 Å². The lowest BCUT2D eigenvalue weighted by Crippen LogP contribution is -2.23. The van der Waals surface area contributed by atoms with Gasteiger partial charge in [-0.15, -0.1) is 0 Å². The van der Waals surface area contributed by atoms with Crippen molar-refractivity contribution < 1.29 is 4.74 Å². The lowest BCUT2D eigenvalue weighted by molar-refractivity contribution is 0.279. The van der Waals surface area contributed by atoms with E-state index in [2.05, 4.69) is 58.0 Å². The Morgan fingerprint density at radius 3 is 2.29 bits per heavy atom. The molecule has 1 fully saturated rings. The summed E-state index contributed by atoms with van der Waals surface area (Å²) in [4.78, 5) is 0. The van der Waals surface area contributed by atoms with Crippen LogP contribution in [0.15, 0.2) is 35.9 Å². The van der Waals surface area contributed by atoms with Gasteiger partial charge in [-0.05, 0) is 61.6 Å². The highest BCUT2D eigenvalue weighted by molar-refractivity contribution is 5.31. The summed E-state index contributed by atoms with van der Waals surface area (Å²) in [5, 5.41) is 0. The average Bonchev–Trinajstić information content (AvgIpc) is 2.55. The Morgan fingerprint density at radius 2 is 1.75 bits per heavy atom. The normalized spacial score (nSPS) is 17.4. The van der Waals surface area contributed by atoms with Crippen LogP contribution >= 0.6 is 0 Å². The molecule has 1 aromatic rings. The average molecular weight is 329 g/mol. The molecule has 1 atom stereocenters. The van der Waals surface area contributed by atoms with Crippen LogP contribution in [0.2, 0.25) is 0 Å². The van der Waals surface area contributed by atoms with Crippen molar-refractivity contribution in [3.63, 3.8) is 0 Å². The van der Waals surface area contributed by atoms with Crippen LogP contribution < -0.4 is 4.74 Å². The molecule has 0 bridgehead atoms. The van der Waals surface area contributed by atoms with Crippen LogP contribution in [0, 0.1) is 11.8 Å². The first kappa shape index (κ1) is 19.1. The van der Waals surface area contributed by atoms with Crippen molar-refractivity contribution in [1.29, 1.82) is 0 Å². The van der Waals surface area contributed by atoms with E-state index in [4.69, 9.17) is 4.74 Å². The number of allylic oxidation sites excluding steroid dienone is 2. The second kappa shape index (κ2) is 8.74. The van der Waals surface area contributed by atoms with E-state index in [1.54, 1.807) is 7.11 Å². The van der Waals surface area contributed by atoms with Crippen molar-refractivity contribution >= 4 is 0 Å². The third kappa shape index (κ3) is 5.69. The largest absolute Gasteiger partial charge is 0.497 e. The molecule has 0 N–H and O–H groups in total. The highest BCUT2D eigenvalue weighted by Crippen LogP contribution is 2.37. The maximum Gasteiger partial charge on any atom is 0.118 e. The van der Waals surface area contributed by atoms with E-state index in [1.165, 1.54) is 56.1 Å². The van der Waals surface area contributed by atoms with Crippen LogP contribution in [0.5, 0.6) is 5.75 Å². The highest BCUT2D eigenvalue weighted by Gasteiger charge is 2.26. The van der Waals surface area contributed by atoms with E-state index in [0.29, 0.717) is 5.92 Å². The Morgan fingerprint density at radius 1 is 1.12 bits per heavy atom. The van der Waals surface area contributed by atoms with Crippen molar-refractivity contribution in [1.82, 2.24) is 0 Å². The van der Waals surface area contributed by atoms with Gasteiger partial charge in [0.1, 0.15) is 5.75 Å². The van der Waals surface area contributed by atoms with Gasteiger partial charge in [-0.2, -0.15) is 0 Å². The summed E-state index contributed by atoms with van der Waals surface area (Å²) in [7, 11) is 1.73. The topological polar surface area (TPSA) is 9.23 Å². The van der Waals surface area contributed by atoms with Crippen LogP contribution in [-0.2, 0) is 5.41 Å². The zero-order valence-electron chi connectivity index (χ0n) is 16.4. The summed E-state index contributed by atoms with van der Waals surface area (Å²) in [5.41, 5.74) is 3.07. The number of rotatable bonds is 7. The monoisotopic (exact) mass is 328 g/mol. The van der Waals surface area contributed by atoms with E-state index in [9.17, 15) is 0 Å². The SMILES string of the molecule is COc1ccc(C(C)(C)CC(C=C(C)C)CC2CCCCC2)cc1. The summed E-state index contributed by atoms with van der Waals surface area (Å²) in [6, 6.07) is 8.65. The van der Waals surface area contributed by atoms with Crippen molar-refractivity contribution in [2.45, 2.75) is 78.1 Å². The van der Waals surface area contributed by atoms with Crippen molar-refractivity contribution in [2.75, 3.05) is 7.11 Å². The third-order valence-electron chi connectivity index (χ3n) is 5.57. The maximum atomic E-state index is 5.31. The number of benzene rings is 1. The Hall–Kier alpha value is -1.24. The molecule has 24 heavy (non-hydrogen) atoms. The van der Waals surface area contributed by atoms with Gasteiger partial charge < -0.3 is 4.74 Å². The minimum atomic E-state index is 0.192. The molecule has 0 spiro atoms. The van der Waals surface area contributed by atoms with Gasteiger partial charge in [0.25, 0.3) is 0 Å². The number of ether oxygens (including phenoxy) is 1. The number of methoxy groups -OCH3 is 1. The fourth-order valence-electron chi connectivity index (χ4n) is 4.35. The Kier molecular flexibility index (Phi) is 6.95. The lowest BCUT2D eigenvalue weighted by Gasteiger charge is -2.32. The highest BCUT2D eigenvalue weighted by atomic mass is 16.5. The predicted molar refractivity (Wildman–Crippen MR) is 105 cm³/mol. The second-order valence-corrected chi connectivity index (χ2v) is 8.56. The molecule has 1 saturated carbocycles. The molecule has 1 aliphatic rings. The summed E-state index contributed by atoms with van der Waals surface area (Å²) in [6.07, 6.45) is 12.3. The molecule has 0 heterocycles. The van der Waals surface area contributed by atoms with Gasteiger partial charge >= 0.3 is 0 Å². The van der Waals surface area contributed by atoms with Gasteiger partial charge in [0.15, 0.2) is 0 Å². The molecule has 1 unspecified atom stereocenters. The summed E-state index contributed by atoms with van der Waals surface area (Å²) in [6.45, 7) is 9.27.